The molecule has 1 saturated heterocycles. The zero-order valence-electron chi connectivity index (χ0n) is 18.9. The van der Waals surface area contributed by atoms with Crippen molar-refractivity contribution in [3.8, 4) is 28.9 Å². The minimum Gasteiger partial charge on any atom is -0.454 e. The molecule has 0 bridgehead atoms. The number of piperidine rings is 1. The van der Waals surface area contributed by atoms with Gasteiger partial charge in [0.15, 0.2) is 24.0 Å². The maximum atomic E-state index is 13.8. The van der Waals surface area contributed by atoms with Gasteiger partial charge >= 0.3 is 0 Å². The van der Waals surface area contributed by atoms with Crippen LogP contribution in [0.25, 0.3) is 11.3 Å². The summed E-state index contributed by atoms with van der Waals surface area (Å²) in [6.07, 6.45) is 4.47. The highest BCUT2D eigenvalue weighted by molar-refractivity contribution is 5.91. The summed E-state index contributed by atoms with van der Waals surface area (Å²) in [4.78, 5) is 13.5. The molecule has 0 spiro atoms. The average molecular weight is 469 g/mol. The van der Waals surface area contributed by atoms with Gasteiger partial charge in [0.25, 0.3) is 0 Å². The molecule has 1 fully saturated rings. The SMILES string of the molecule is CN.C[C@@H]1CC[C@H](n2nc(-c3ccc(Oc4ccc(F)cc4F)cc3)c(C=O)c2N)CN1C#N. The van der Waals surface area contributed by atoms with Crippen LogP contribution in [-0.4, -0.2) is 40.6 Å². The van der Waals surface area contributed by atoms with Gasteiger partial charge in [-0.3, -0.25) is 4.79 Å². The molecule has 10 heteroatoms. The second-order valence-electron chi connectivity index (χ2n) is 7.74. The van der Waals surface area contributed by atoms with Gasteiger partial charge in [-0.15, -0.1) is 0 Å². The van der Waals surface area contributed by atoms with E-state index in [1.54, 1.807) is 33.8 Å². The number of hydrogen-bond acceptors (Lipinski definition) is 7. The van der Waals surface area contributed by atoms with E-state index in [0.29, 0.717) is 29.8 Å². The zero-order valence-corrected chi connectivity index (χ0v) is 18.9. The summed E-state index contributed by atoms with van der Waals surface area (Å²) < 4.78 is 34.0. The Morgan fingerprint density at radius 1 is 1.18 bits per heavy atom. The van der Waals surface area contributed by atoms with E-state index in [9.17, 15) is 18.8 Å². The van der Waals surface area contributed by atoms with Gasteiger partial charge in [0.1, 0.15) is 23.1 Å². The third-order valence-corrected chi connectivity index (χ3v) is 5.68. The topological polar surface area (TPSA) is 123 Å². The number of benzene rings is 2. The van der Waals surface area contributed by atoms with Crippen LogP contribution in [0, 0.1) is 23.1 Å². The van der Waals surface area contributed by atoms with Crippen molar-refractivity contribution in [1.82, 2.24) is 14.7 Å². The van der Waals surface area contributed by atoms with Crippen molar-refractivity contribution in [3.05, 3.63) is 59.7 Å². The quantitative estimate of drug-likeness (QED) is 0.427. The van der Waals surface area contributed by atoms with E-state index >= 15 is 0 Å². The number of hydrogen-bond donors (Lipinski definition) is 2. The van der Waals surface area contributed by atoms with Gasteiger partial charge in [-0.2, -0.15) is 10.4 Å². The lowest BCUT2D eigenvalue weighted by Crippen LogP contribution is -2.39. The molecule has 1 aromatic heterocycles. The van der Waals surface area contributed by atoms with E-state index in [-0.39, 0.29) is 29.2 Å². The van der Waals surface area contributed by atoms with Crippen LogP contribution in [0.4, 0.5) is 14.6 Å². The third-order valence-electron chi connectivity index (χ3n) is 5.68. The summed E-state index contributed by atoms with van der Waals surface area (Å²) >= 11 is 0. The lowest BCUT2D eigenvalue weighted by Gasteiger charge is -2.34. The normalized spacial score (nSPS) is 17.4. The number of halogens is 2. The molecule has 3 aromatic rings. The molecule has 8 nitrogen and oxygen atoms in total. The Morgan fingerprint density at radius 3 is 2.50 bits per heavy atom. The van der Waals surface area contributed by atoms with Crippen molar-refractivity contribution in [2.45, 2.75) is 31.8 Å². The number of aldehydes is 1. The van der Waals surface area contributed by atoms with Gasteiger partial charge in [-0.05, 0) is 63.2 Å². The van der Waals surface area contributed by atoms with Crippen molar-refractivity contribution in [1.29, 1.82) is 5.26 Å². The number of carbonyl (C=O) groups excluding carboxylic acids is 1. The van der Waals surface area contributed by atoms with Crippen LogP contribution in [0.2, 0.25) is 0 Å². The predicted octanol–water partition coefficient (Wildman–Crippen LogP) is 4.10. The molecule has 0 aliphatic carbocycles. The van der Waals surface area contributed by atoms with Gasteiger partial charge in [-0.1, -0.05) is 0 Å². The number of nitrogens with zero attached hydrogens (tertiary/aromatic N) is 4. The van der Waals surface area contributed by atoms with Crippen LogP contribution < -0.4 is 16.2 Å². The molecule has 178 valence electrons. The summed E-state index contributed by atoms with van der Waals surface area (Å²) in [6.45, 7) is 2.47. The first-order valence-electron chi connectivity index (χ1n) is 10.7. The summed E-state index contributed by atoms with van der Waals surface area (Å²) in [5.41, 5.74) is 12.1. The Labute approximate surface area is 196 Å². The highest BCUT2D eigenvalue weighted by atomic mass is 19.1. The van der Waals surface area contributed by atoms with Crippen LogP contribution in [0.3, 0.4) is 0 Å². The summed E-state index contributed by atoms with van der Waals surface area (Å²) in [5.74, 6) is -1.01. The van der Waals surface area contributed by atoms with Crippen LogP contribution in [0.5, 0.6) is 11.5 Å². The van der Waals surface area contributed by atoms with E-state index in [2.05, 4.69) is 17.0 Å². The number of nitrogen functional groups attached to an aromatic ring is 1. The molecule has 0 radical (unpaired) electrons. The van der Waals surface area contributed by atoms with Crippen LogP contribution in [0.15, 0.2) is 42.5 Å². The smallest absolute Gasteiger partial charge is 0.179 e. The molecule has 2 atom stereocenters. The molecule has 4 rings (SSSR count). The molecule has 2 aromatic carbocycles. The maximum Gasteiger partial charge on any atom is 0.179 e. The number of ether oxygens (including phenoxy) is 1. The van der Waals surface area contributed by atoms with Gasteiger partial charge in [-0.25, -0.2) is 13.5 Å². The van der Waals surface area contributed by atoms with Crippen molar-refractivity contribution >= 4 is 12.1 Å². The molecule has 2 heterocycles. The van der Waals surface area contributed by atoms with E-state index in [4.69, 9.17) is 10.5 Å². The summed E-state index contributed by atoms with van der Waals surface area (Å²) in [5, 5.41) is 13.9. The van der Waals surface area contributed by atoms with Crippen LogP contribution in [0.1, 0.15) is 36.2 Å². The predicted molar refractivity (Wildman–Crippen MR) is 124 cm³/mol. The largest absolute Gasteiger partial charge is 0.454 e. The summed E-state index contributed by atoms with van der Waals surface area (Å²) in [7, 11) is 1.50. The Morgan fingerprint density at radius 2 is 1.88 bits per heavy atom. The molecular formula is C24H26F2N6O2. The van der Waals surface area contributed by atoms with Gasteiger partial charge in [0, 0.05) is 17.7 Å². The van der Waals surface area contributed by atoms with Crippen molar-refractivity contribution in [2.24, 2.45) is 5.73 Å². The lowest BCUT2D eigenvalue weighted by atomic mass is 10.0. The number of aromatic nitrogens is 2. The standard InChI is InChI=1S/C23H21F2N5O2.CH5N/c1-14-2-6-17(11-29(14)13-26)30-23(27)19(12-31)22(28-30)15-3-7-18(8-4-15)32-21-9-5-16(24)10-20(21)25;1-2/h3-5,7-10,12,14,17H,2,6,11,27H2,1H3;2H2,1H3/t14-,17+;/m1./s1. The fourth-order valence-corrected chi connectivity index (χ4v) is 3.86. The molecular weight excluding hydrogens is 442 g/mol. The molecule has 1 aliphatic heterocycles. The second-order valence-corrected chi connectivity index (χ2v) is 7.74. The molecule has 4 N–H and O–H groups in total. The van der Waals surface area contributed by atoms with Gasteiger partial charge < -0.3 is 21.1 Å². The number of likely N-dealkylation sites (tertiary alicyclic amines) is 1. The molecule has 0 unspecified atom stereocenters. The van der Waals surface area contributed by atoms with Gasteiger partial charge in [0.2, 0.25) is 0 Å². The fraction of sp³-hybridized carbons (Fsp3) is 0.292. The van der Waals surface area contributed by atoms with Crippen molar-refractivity contribution in [3.63, 3.8) is 0 Å². The zero-order chi connectivity index (χ0) is 24.8. The highest BCUT2D eigenvalue weighted by Crippen LogP contribution is 2.33. The highest BCUT2D eigenvalue weighted by Gasteiger charge is 2.29. The summed E-state index contributed by atoms with van der Waals surface area (Å²) in [6, 6.07) is 9.65. The minimum absolute atomic E-state index is 0.102. The maximum absolute atomic E-state index is 13.8. The van der Waals surface area contributed by atoms with Crippen molar-refractivity contribution < 1.29 is 18.3 Å². The van der Waals surface area contributed by atoms with E-state index in [1.807, 2.05) is 6.92 Å². The second kappa shape index (κ2) is 10.8. The number of nitrogens with two attached hydrogens (primary N) is 2. The first kappa shape index (κ1) is 24.7. The van der Waals surface area contributed by atoms with Crippen LogP contribution in [-0.2, 0) is 0 Å². The molecule has 0 amide bonds. The first-order valence-corrected chi connectivity index (χ1v) is 10.7. The van der Waals surface area contributed by atoms with Gasteiger partial charge in [0.05, 0.1) is 18.2 Å². The minimum atomic E-state index is -0.808. The monoisotopic (exact) mass is 468 g/mol. The number of rotatable bonds is 5. The Kier molecular flexibility index (Phi) is 7.81. The van der Waals surface area contributed by atoms with E-state index in [1.165, 1.54) is 13.1 Å². The number of nitriles is 1. The lowest BCUT2D eigenvalue weighted by molar-refractivity contribution is 0.112. The molecule has 34 heavy (non-hydrogen) atoms. The number of carbonyl (C=O) groups is 1. The Balaban J connectivity index is 0.00000158. The third kappa shape index (κ3) is 5.00. The Hall–Kier alpha value is -3.97. The first-order chi connectivity index (χ1) is 16.4. The molecule has 1 aliphatic rings. The number of anilines is 1. The van der Waals surface area contributed by atoms with E-state index < -0.39 is 11.6 Å². The molecule has 0 saturated carbocycles. The average Bonchev–Trinajstić information content (AvgIpc) is 3.19. The van der Waals surface area contributed by atoms with Crippen LogP contribution >= 0.6 is 0 Å². The Bertz CT molecular complexity index is 1190. The fourth-order valence-electron chi connectivity index (χ4n) is 3.86. The van der Waals surface area contributed by atoms with E-state index in [0.717, 1.165) is 25.0 Å². The van der Waals surface area contributed by atoms with Crippen molar-refractivity contribution in [2.75, 3.05) is 19.3 Å².